The van der Waals surface area contributed by atoms with Gasteiger partial charge in [0.15, 0.2) is 46.0 Å². The van der Waals surface area contributed by atoms with Crippen molar-refractivity contribution in [2.75, 3.05) is 122 Å². The Kier molecular flexibility index (Phi) is 32.4. The van der Waals surface area contributed by atoms with Crippen LogP contribution in [0.1, 0.15) is 176 Å². The van der Waals surface area contributed by atoms with E-state index in [4.69, 9.17) is 47.4 Å². The maximum absolute atomic E-state index is 13.1. The SMILES string of the molecule is C.C.C.C.COC(=O)c1cc(Br)c2c(c1C)OC(C)(CN1CCC(N(C)C)CC1)O2.COC(=O)c1cc(Br)c2c(c1C)OC(C)(CO)O2.Cc1c(C(=O)O)cc(Br)c2c1OC(C)(CN1CCC(N(C)C)CC1)O2.Cc1cc(C)c(CNC(=O)c2cc(Br)c3c(c2C)OC(C)(CN2CCC(N(C)C)CC2)O3)c(=O)[nH]1. The molecule has 25 nitrogen and oxygen atoms in total. The smallest absolute Gasteiger partial charge is 0.338 e. The molecule has 0 spiro atoms. The van der Waals surface area contributed by atoms with Crippen LogP contribution in [0.4, 0.5) is 0 Å². The number of rotatable bonds is 16. The molecule has 4 N–H and O–H groups in total. The predicted octanol–water partition coefficient (Wildman–Crippen LogP) is 14.1. The first-order valence-electron chi connectivity index (χ1n) is 34.8. The zero-order valence-electron chi connectivity index (χ0n) is 62.9. The molecule has 7 aliphatic rings. The number of aryl methyl sites for hydroxylation is 2. The highest BCUT2D eigenvalue weighted by Crippen LogP contribution is 2.52. The summed E-state index contributed by atoms with van der Waals surface area (Å²) in [7, 11) is 15.5. The molecule has 0 aliphatic carbocycles. The van der Waals surface area contributed by atoms with Gasteiger partial charge in [0.05, 0.1) is 68.4 Å². The Morgan fingerprint density at radius 3 is 1.06 bits per heavy atom. The summed E-state index contributed by atoms with van der Waals surface area (Å²) in [5, 5.41) is 21.5. The number of aromatic amines is 1. The molecule has 8 heterocycles. The van der Waals surface area contributed by atoms with Crippen molar-refractivity contribution < 1.29 is 76.8 Å². The van der Waals surface area contributed by atoms with Crippen LogP contribution in [-0.4, -0.2) is 232 Å². The van der Waals surface area contributed by atoms with Crippen LogP contribution in [0.25, 0.3) is 0 Å². The Labute approximate surface area is 672 Å². The number of carboxylic acid groups (broad SMARTS) is 1. The lowest BCUT2D eigenvalue weighted by Gasteiger charge is -2.38. The number of benzene rings is 4. The fourth-order valence-corrected chi connectivity index (χ4v) is 16.2. The molecule has 4 aromatic carbocycles. The first-order chi connectivity index (χ1) is 48.8. The maximum atomic E-state index is 13.1. The van der Waals surface area contributed by atoms with Crippen molar-refractivity contribution in [1.82, 2.24) is 39.7 Å². The molecule has 4 atom stereocenters. The average molecular weight is 1770 g/mol. The molecule has 4 unspecified atom stereocenters. The van der Waals surface area contributed by atoms with Crippen molar-refractivity contribution >= 4 is 87.5 Å². The largest absolute Gasteiger partial charge is 0.478 e. The summed E-state index contributed by atoms with van der Waals surface area (Å²) in [4.78, 5) is 77.2. The molecule has 3 saturated heterocycles. The van der Waals surface area contributed by atoms with E-state index >= 15 is 0 Å². The van der Waals surface area contributed by atoms with Gasteiger partial charge in [0.25, 0.3) is 34.6 Å². The van der Waals surface area contributed by atoms with Gasteiger partial charge in [-0.25, -0.2) is 14.4 Å². The van der Waals surface area contributed by atoms with E-state index in [-0.39, 0.29) is 65.9 Å². The van der Waals surface area contributed by atoms with Gasteiger partial charge in [0.2, 0.25) is 0 Å². The minimum atomic E-state index is -1.12. The highest BCUT2D eigenvalue weighted by Gasteiger charge is 2.46. The summed E-state index contributed by atoms with van der Waals surface area (Å²) >= 11 is 13.8. The molecule has 12 rings (SSSR count). The number of fused-ring (bicyclic) bond motifs is 4. The topological polar surface area (TPSA) is 265 Å². The van der Waals surface area contributed by atoms with E-state index in [0.717, 1.165) is 94.6 Å². The number of nitrogens with zero attached hydrogens (tertiary/aromatic N) is 6. The molecule has 0 bridgehead atoms. The Balaban J connectivity index is 0.000000261. The number of esters is 2. The third-order valence-corrected chi connectivity index (χ3v) is 22.5. The first kappa shape index (κ1) is 92.4. The number of H-pyrrole nitrogens is 1. The van der Waals surface area contributed by atoms with Crippen molar-refractivity contribution in [3.8, 4) is 46.0 Å². The zero-order valence-corrected chi connectivity index (χ0v) is 69.2. The third kappa shape index (κ3) is 21.1. The van der Waals surface area contributed by atoms with E-state index in [2.05, 4.69) is 146 Å². The van der Waals surface area contributed by atoms with Gasteiger partial charge in [-0.1, -0.05) is 29.7 Å². The number of aliphatic hydroxyl groups is 1. The quantitative estimate of drug-likeness (QED) is 0.0669. The van der Waals surface area contributed by atoms with Crippen LogP contribution in [0.15, 0.2) is 53.0 Å². The van der Waals surface area contributed by atoms with Crippen LogP contribution < -0.4 is 48.8 Å². The molecule has 108 heavy (non-hydrogen) atoms. The second kappa shape index (κ2) is 37.8. The summed E-state index contributed by atoms with van der Waals surface area (Å²) in [5.41, 5.74) is 6.27. The number of carboxylic acids is 1. The average Bonchev–Trinajstić information content (AvgIpc) is 1.63. The molecule has 7 aliphatic heterocycles. The Morgan fingerprint density at radius 1 is 0.481 bits per heavy atom. The lowest BCUT2D eigenvalue weighted by molar-refractivity contribution is -0.0991. The number of carbonyl (C=O) groups is 4. The third-order valence-electron chi connectivity index (χ3n) is 20.2. The fourth-order valence-electron chi connectivity index (χ4n) is 14.2. The number of pyridine rings is 1. The number of aromatic carboxylic acids is 1. The van der Waals surface area contributed by atoms with E-state index < -0.39 is 35.1 Å². The minimum Gasteiger partial charge on any atom is -0.478 e. The van der Waals surface area contributed by atoms with E-state index in [9.17, 15) is 34.2 Å². The van der Waals surface area contributed by atoms with Crippen molar-refractivity contribution in [2.24, 2.45) is 0 Å². The Bertz CT molecular complexity index is 4100. The van der Waals surface area contributed by atoms with E-state index in [1.165, 1.54) is 14.2 Å². The molecule has 0 radical (unpaired) electrons. The van der Waals surface area contributed by atoms with Gasteiger partial charge in [0, 0.05) is 91.4 Å². The number of nitrogens with one attached hydrogen (secondary N) is 2. The van der Waals surface area contributed by atoms with Crippen molar-refractivity contribution in [1.29, 1.82) is 0 Å². The number of carbonyl (C=O) groups excluding carboxylic acids is 3. The molecule has 602 valence electrons. The highest BCUT2D eigenvalue weighted by atomic mass is 79.9. The van der Waals surface area contributed by atoms with Gasteiger partial charge >= 0.3 is 17.9 Å². The van der Waals surface area contributed by atoms with Crippen LogP contribution in [0, 0.1) is 41.5 Å². The summed E-state index contributed by atoms with van der Waals surface area (Å²) in [6.45, 7) is 26.2. The molecule has 1 amide bonds. The molecular formula is C79H116Br4N8O17. The lowest BCUT2D eigenvalue weighted by Crippen LogP contribution is -2.51. The highest BCUT2D eigenvalue weighted by molar-refractivity contribution is 9.11. The van der Waals surface area contributed by atoms with Gasteiger partial charge in [-0.05, 0) is 261 Å². The van der Waals surface area contributed by atoms with E-state index in [0.29, 0.717) is 141 Å². The number of piperidine rings is 3. The number of amides is 1. The summed E-state index contributed by atoms with van der Waals surface area (Å²) in [5.74, 6) is -1.08. The van der Waals surface area contributed by atoms with Gasteiger partial charge in [-0.15, -0.1) is 0 Å². The summed E-state index contributed by atoms with van der Waals surface area (Å²) < 4.78 is 60.5. The van der Waals surface area contributed by atoms with Gasteiger partial charge in [-0.2, -0.15) is 0 Å². The number of hydrogen-bond donors (Lipinski definition) is 4. The number of ether oxygens (including phenoxy) is 10. The fraction of sp³-hybridized carbons (Fsp3) is 0.582. The number of aromatic nitrogens is 1. The normalized spacial score (nSPS) is 21.4. The molecule has 3 fully saturated rings. The van der Waals surface area contributed by atoms with E-state index in [1.807, 2.05) is 54.5 Å². The van der Waals surface area contributed by atoms with Gasteiger partial charge < -0.3 is 82.6 Å². The number of aliphatic hydroxyl groups excluding tert-OH is 1. The van der Waals surface area contributed by atoms with Crippen LogP contribution in [0.3, 0.4) is 0 Å². The van der Waals surface area contributed by atoms with Crippen molar-refractivity contribution in [2.45, 2.75) is 185 Å². The van der Waals surface area contributed by atoms with Gasteiger partial charge in [-0.3, -0.25) is 24.3 Å². The van der Waals surface area contributed by atoms with Crippen LogP contribution in [0.5, 0.6) is 46.0 Å². The Morgan fingerprint density at radius 2 is 0.759 bits per heavy atom. The van der Waals surface area contributed by atoms with Crippen molar-refractivity contribution in [3.63, 3.8) is 0 Å². The standard InChI is InChI=1S/C26H35BrN4O4.C19H27BrN2O4.C18H25BrN2O4.C12H13BrO5.4CH4/c1-15-11-16(2)29-25(33)20(15)13-28-24(32)19-12-21(27)23-22(17(19)3)34-26(4,35-23)14-31-9-7-18(8-10-31)30(5)6;1-12-14(18(23)24-5)10-15(20)17-16(12)25-19(2,26-17)11-22-8-6-13(7-9-22)21(3)4;1-11-13(17(22)23)9-14(19)16-15(11)24-18(2,25-16)10-21-7-5-12(6-8-21)20(3)4;1-6-7(11(15)16-3)4-8(13)10-9(6)17-12(2,5-14)18-10;;;;/h11-12,18H,7-10,13-14H2,1-6H3,(H,28,32)(H,29,33);10,13H,6-9,11H2,1-5H3;9,12H,5-8,10H2,1-4H3,(H,22,23);4,14H,5H2,1-3H3;4*1H4. The lowest BCUT2D eigenvalue weighted by atomic mass is 10.0. The number of halogens is 4. The monoisotopic (exact) mass is 1760 g/mol. The van der Waals surface area contributed by atoms with Crippen LogP contribution in [-0.2, 0) is 16.0 Å². The molecule has 5 aromatic rings. The molecule has 29 heteroatoms. The van der Waals surface area contributed by atoms with Crippen LogP contribution in [0.2, 0.25) is 0 Å². The maximum Gasteiger partial charge on any atom is 0.338 e. The first-order valence-corrected chi connectivity index (χ1v) is 38.0. The van der Waals surface area contributed by atoms with Gasteiger partial charge in [0.1, 0.15) is 6.61 Å². The Hall–Kier alpha value is -6.25. The summed E-state index contributed by atoms with van der Waals surface area (Å²) in [6.07, 6.45) is 6.78. The summed E-state index contributed by atoms with van der Waals surface area (Å²) in [6, 6.07) is 10.5. The minimum absolute atomic E-state index is 0. The zero-order chi connectivity index (χ0) is 76.4. The molecule has 1 aromatic heterocycles. The van der Waals surface area contributed by atoms with Crippen LogP contribution >= 0.6 is 63.7 Å². The number of hydrogen-bond acceptors (Lipinski definition) is 22. The second-order valence-corrected chi connectivity index (χ2v) is 32.5. The van der Waals surface area contributed by atoms with Crippen molar-refractivity contribution in [3.05, 3.63) is 120 Å². The number of methoxy groups -OCH3 is 2. The molecular weight excluding hydrogens is 1650 g/mol. The molecule has 0 saturated carbocycles. The second-order valence-electron chi connectivity index (χ2n) is 29.1. The van der Waals surface area contributed by atoms with E-state index in [1.54, 1.807) is 45.0 Å². The number of likely N-dealkylation sites (tertiary alicyclic amines) is 3. The predicted molar refractivity (Wildman–Crippen MR) is 435 cm³/mol.